The van der Waals surface area contributed by atoms with Crippen molar-refractivity contribution in [2.45, 2.75) is 25.2 Å². The van der Waals surface area contributed by atoms with E-state index < -0.39 is 5.92 Å². The minimum absolute atomic E-state index is 0.197. The van der Waals surface area contributed by atoms with E-state index in [2.05, 4.69) is 15.0 Å². The number of benzene rings is 1. The zero-order chi connectivity index (χ0) is 19.2. The lowest BCUT2D eigenvalue weighted by Crippen LogP contribution is -2.33. The van der Waals surface area contributed by atoms with Gasteiger partial charge in [-0.2, -0.15) is 4.98 Å². The Morgan fingerprint density at radius 3 is 2.74 bits per heavy atom. The molecule has 142 valence electrons. The van der Waals surface area contributed by atoms with E-state index in [1.54, 1.807) is 6.07 Å². The lowest BCUT2D eigenvalue weighted by atomic mass is 9.96. The van der Waals surface area contributed by atoms with Gasteiger partial charge in [-0.15, -0.1) is 0 Å². The van der Waals surface area contributed by atoms with Gasteiger partial charge < -0.3 is 10.1 Å². The van der Waals surface area contributed by atoms with Crippen molar-refractivity contribution in [2.75, 3.05) is 19.6 Å². The Balaban J connectivity index is 1.54. The summed E-state index contributed by atoms with van der Waals surface area (Å²) in [7, 11) is 0. The van der Waals surface area contributed by atoms with Gasteiger partial charge in [0.05, 0.1) is 22.8 Å². The number of rotatable bonds is 4. The molecule has 0 amide bonds. The summed E-state index contributed by atoms with van der Waals surface area (Å²) in [6.45, 7) is 2.09. The fourth-order valence-corrected chi connectivity index (χ4v) is 3.92. The third kappa shape index (κ3) is 3.89. The molecule has 2 aromatic heterocycles. The second-order valence-electron chi connectivity index (χ2n) is 7.16. The molecule has 3 aromatic rings. The molecule has 0 unspecified atom stereocenters. The molecule has 0 aliphatic carbocycles. The van der Waals surface area contributed by atoms with Gasteiger partial charge in [-0.1, -0.05) is 35.9 Å². The van der Waals surface area contributed by atoms with Crippen LogP contribution in [0.2, 0.25) is 5.02 Å². The van der Waals surface area contributed by atoms with E-state index in [-0.39, 0.29) is 18.5 Å². The minimum atomic E-state index is -2.67. The Labute approximate surface area is 160 Å². The molecule has 8 heteroatoms. The van der Waals surface area contributed by atoms with Crippen LogP contribution >= 0.6 is 11.6 Å². The van der Waals surface area contributed by atoms with Gasteiger partial charge in [0, 0.05) is 19.0 Å². The number of hydrogen-bond donors (Lipinski definition) is 2. The van der Waals surface area contributed by atoms with Gasteiger partial charge in [0.1, 0.15) is 0 Å². The maximum Gasteiger partial charge on any atom is 0.293 e. The van der Waals surface area contributed by atoms with Crippen molar-refractivity contribution >= 4 is 22.8 Å². The normalized spacial score (nSPS) is 18.4. The number of pyridine rings is 1. The predicted octanol–water partition coefficient (Wildman–Crippen LogP) is 4.43. The molecule has 5 nitrogen and oxygen atoms in total. The van der Waals surface area contributed by atoms with E-state index in [1.807, 2.05) is 29.2 Å². The maximum absolute atomic E-state index is 13.2. The molecule has 2 N–H and O–H groups in total. The van der Waals surface area contributed by atoms with Gasteiger partial charge in [0.15, 0.2) is 5.65 Å². The Hall–Kier alpha value is -2.25. The van der Waals surface area contributed by atoms with Gasteiger partial charge in [-0.25, -0.2) is 13.8 Å². The first kappa shape index (κ1) is 18.1. The molecule has 0 saturated carbocycles. The summed E-state index contributed by atoms with van der Waals surface area (Å²) >= 11 is 6.32. The summed E-state index contributed by atoms with van der Waals surface area (Å²) in [5.41, 5.74) is 3.50. The molecule has 27 heavy (non-hydrogen) atoms. The number of likely N-dealkylation sites (tertiary alicyclic amines) is 1. The summed E-state index contributed by atoms with van der Waals surface area (Å²) in [6, 6.07) is 9.33. The fourth-order valence-electron chi connectivity index (χ4n) is 3.66. The van der Waals surface area contributed by atoms with E-state index in [4.69, 9.17) is 11.6 Å². The van der Waals surface area contributed by atoms with Crippen LogP contribution in [0.5, 0.6) is 6.01 Å². The number of imidazole rings is 1. The summed E-state index contributed by atoms with van der Waals surface area (Å²) in [4.78, 5) is 12.8. The zero-order valence-electron chi connectivity index (χ0n) is 14.7. The standard InChI is InChI=1S/C19H19ClF2N4O/c1-19(21,22)10-26-7-6-13(9-26)11-2-4-12(5-3-11)16-14(20)8-15-17(24-16)25-18(27)23-15/h2-5,8,13H,6-7,9-10H2,1H3,(H2,23,24,25,27)/t13-/m0/s1. The van der Waals surface area contributed by atoms with Crippen LogP contribution in [0.1, 0.15) is 24.8 Å². The van der Waals surface area contributed by atoms with Crippen molar-refractivity contribution in [1.29, 1.82) is 0 Å². The molecule has 0 spiro atoms. The van der Waals surface area contributed by atoms with Crippen LogP contribution in [0.25, 0.3) is 22.4 Å². The number of aromatic hydroxyl groups is 1. The average Bonchev–Trinajstić information content (AvgIpc) is 3.18. The highest BCUT2D eigenvalue weighted by atomic mass is 35.5. The molecular formula is C19H19ClF2N4O. The SMILES string of the molecule is CC(F)(F)CN1CC[C@H](c2ccc(-c3nc4nc(O)[nH]c4cc3Cl)cc2)C1. The smallest absolute Gasteiger partial charge is 0.293 e. The quantitative estimate of drug-likeness (QED) is 0.689. The minimum Gasteiger partial charge on any atom is -0.480 e. The van der Waals surface area contributed by atoms with Crippen molar-refractivity contribution in [3.63, 3.8) is 0 Å². The van der Waals surface area contributed by atoms with Crippen LogP contribution < -0.4 is 0 Å². The molecule has 0 radical (unpaired) electrons. The highest BCUT2D eigenvalue weighted by Gasteiger charge is 2.31. The third-order valence-corrected chi connectivity index (χ3v) is 5.13. The molecule has 1 aromatic carbocycles. The first-order valence-electron chi connectivity index (χ1n) is 8.74. The van der Waals surface area contributed by atoms with Crippen LogP contribution in [0.4, 0.5) is 8.78 Å². The number of alkyl halides is 2. The highest BCUT2D eigenvalue weighted by Crippen LogP contribution is 2.33. The van der Waals surface area contributed by atoms with Crippen molar-refractivity contribution in [2.24, 2.45) is 0 Å². The van der Waals surface area contributed by atoms with Crippen LogP contribution in [-0.4, -0.2) is 50.5 Å². The number of hydrogen-bond acceptors (Lipinski definition) is 4. The van der Waals surface area contributed by atoms with Gasteiger partial charge in [-0.05, 0) is 30.5 Å². The lowest BCUT2D eigenvalue weighted by Gasteiger charge is -2.20. The largest absolute Gasteiger partial charge is 0.480 e. The van der Waals surface area contributed by atoms with Crippen molar-refractivity contribution < 1.29 is 13.9 Å². The fraction of sp³-hybridized carbons (Fsp3) is 0.368. The first-order chi connectivity index (χ1) is 12.8. The number of aromatic amines is 1. The van der Waals surface area contributed by atoms with Crippen molar-refractivity contribution in [3.05, 3.63) is 40.9 Å². The second kappa shape index (κ2) is 6.73. The molecule has 1 fully saturated rings. The Bertz CT molecular complexity index is 968. The zero-order valence-corrected chi connectivity index (χ0v) is 15.5. The topological polar surface area (TPSA) is 65.0 Å². The van der Waals surface area contributed by atoms with Gasteiger partial charge >= 0.3 is 0 Å². The monoisotopic (exact) mass is 392 g/mol. The summed E-state index contributed by atoms with van der Waals surface area (Å²) < 4.78 is 26.4. The Morgan fingerprint density at radius 1 is 1.30 bits per heavy atom. The molecule has 1 atom stereocenters. The summed E-state index contributed by atoms with van der Waals surface area (Å²) in [5, 5.41) is 9.91. The number of fused-ring (bicyclic) bond motifs is 1. The number of aromatic nitrogens is 3. The molecule has 1 aliphatic heterocycles. The van der Waals surface area contributed by atoms with E-state index >= 15 is 0 Å². The summed E-state index contributed by atoms with van der Waals surface area (Å²) in [5.74, 6) is -2.42. The van der Waals surface area contributed by atoms with E-state index in [0.29, 0.717) is 35.0 Å². The van der Waals surface area contributed by atoms with E-state index in [1.165, 1.54) is 0 Å². The molecular weight excluding hydrogens is 374 g/mol. The molecule has 3 heterocycles. The maximum atomic E-state index is 13.2. The molecule has 0 bridgehead atoms. The van der Waals surface area contributed by atoms with Crippen LogP contribution in [0.3, 0.4) is 0 Å². The van der Waals surface area contributed by atoms with Gasteiger partial charge in [0.25, 0.3) is 11.9 Å². The number of H-pyrrole nitrogens is 1. The first-order valence-corrected chi connectivity index (χ1v) is 9.12. The third-order valence-electron chi connectivity index (χ3n) is 4.84. The Morgan fingerprint density at radius 2 is 2.04 bits per heavy atom. The van der Waals surface area contributed by atoms with Crippen LogP contribution in [0.15, 0.2) is 30.3 Å². The van der Waals surface area contributed by atoms with Crippen LogP contribution in [0, 0.1) is 0 Å². The van der Waals surface area contributed by atoms with E-state index in [0.717, 1.165) is 24.5 Å². The Kier molecular flexibility index (Phi) is 4.52. The molecule has 1 saturated heterocycles. The van der Waals surface area contributed by atoms with Crippen LogP contribution in [-0.2, 0) is 0 Å². The van der Waals surface area contributed by atoms with Gasteiger partial charge in [-0.3, -0.25) is 4.90 Å². The highest BCUT2D eigenvalue weighted by molar-refractivity contribution is 6.33. The predicted molar refractivity (Wildman–Crippen MR) is 100 cm³/mol. The molecule has 4 rings (SSSR count). The number of nitrogens with one attached hydrogen (secondary N) is 1. The number of nitrogens with zero attached hydrogens (tertiary/aromatic N) is 3. The summed E-state index contributed by atoms with van der Waals surface area (Å²) in [6.07, 6.45) is 0.868. The lowest BCUT2D eigenvalue weighted by molar-refractivity contribution is -0.00884. The van der Waals surface area contributed by atoms with E-state index in [9.17, 15) is 13.9 Å². The van der Waals surface area contributed by atoms with Crippen molar-refractivity contribution in [3.8, 4) is 17.3 Å². The molecule has 1 aliphatic rings. The van der Waals surface area contributed by atoms with Gasteiger partial charge in [0.2, 0.25) is 0 Å². The number of halogens is 3. The average molecular weight is 393 g/mol. The second-order valence-corrected chi connectivity index (χ2v) is 7.57. The van der Waals surface area contributed by atoms with Crippen molar-refractivity contribution in [1.82, 2.24) is 19.9 Å².